The van der Waals surface area contributed by atoms with Crippen LogP contribution in [0.5, 0.6) is 0 Å². The number of aliphatic hydroxyl groups excluding tert-OH is 3. The van der Waals surface area contributed by atoms with Crippen molar-refractivity contribution in [3.05, 3.63) is 24.3 Å². The summed E-state index contributed by atoms with van der Waals surface area (Å²) in [5, 5.41) is 38.7. The Morgan fingerprint density at radius 3 is 2.65 bits per heavy atom. The van der Waals surface area contributed by atoms with Gasteiger partial charge in [0.25, 0.3) is 0 Å². The minimum absolute atomic E-state index is 0.0395. The van der Waals surface area contributed by atoms with Crippen LogP contribution in [0.4, 0.5) is 0 Å². The van der Waals surface area contributed by atoms with E-state index in [4.69, 9.17) is 9.84 Å². The normalized spacial score (nSPS) is 25.9. The van der Waals surface area contributed by atoms with E-state index < -0.39 is 36.5 Å². The van der Waals surface area contributed by atoms with Gasteiger partial charge in [0, 0.05) is 12.8 Å². The Labute approximate surface area is 156 Å². The van der Waals surface area contributed by atoms with Gasteiger partial charge in [0.15, 0.2) is 0 Å². The smallest absolute Gasteiger partial charge is 0.303 e. The van der Waals surface area contributed by atoms with E-state index in [9.17, 15) is 20.1 Å². The van der Waals surface area contributed by atoms with Crippen LogP contribution in [0.2, 0.25) is 0 Å². The SMILES string of the molecule is CCCCC/C=C\C[C@@H](O)/C=C\[C@H](O)[C@@H]1C[C@H](O)[C@H](CCCC(=O)O)O1. The first-order valence-corrected chi connectivity index (χ1v) is 9.68. The topological polar surface area (TPSA) is 107 Å². The molecule has 5 atom stereocenters. The van der Waals surface area contributed by atoms with Gasteiger partial charge in [-0.1, -0.05) is 44.1 Å². The highest BCUT2D eigenvalue weighted by Crippen LogP contribution is 2.27. The fourth-order valence-corrected chi connectivity index (χ4v) is 3.01. The minimum atomic E-state index is -0.905. The Balaban J connectivity index is 2.29. The molecule has 1 aliphatic rings. The predicted octanol–water partition coefficient (Wildman–Crippen LogP) is 2.56. The Bertz CT molecular complexity index is 448. The molecule has 0 unspecified atom stereocenters. The lowest BCUT2D eigenvalue weighted by molar-refractivity contribution is -0.137. The highest BCUT2D eigenvalue weighted by molar-refractivity contribution is 5.66. The fraction of sp³-hybridized carbons (Fsp3) is 0.750. The number of allylic oxidation sites excluding steroid dienone is 1. The second kappa shape index (κ2) is 13.0. The molecule has 0 spiro atoms. The number of carboxylic acids is 1. The van der Waals surface area contributed by atoms with Gasteiger partial charge in [-0.2, -0.15) is 0 Å². The lowest BCUT2D eigenvalue weighted by atomic mass is 10.0. The van der Waals surface area contributed by atoms with Gasteiger partial charge in [-0.25, -0.2) is 0 Å². The van der Waals surface area contributed by atoms with Gasteiger partial charge >= 0.3 is 5.97 Å². The number of hydrogen-bond acceptors (Lipinski definition) is 5. The molecule has 1 rings (SSSR count). The zero-order valence-corrected chi connectivity index (χ0v) is 15.7. The van der Waals surface area contributed by atoms with E-state index in [0.29, 0.717) is 25.7 Å². The van der Waals surface area contributed by atoms with Crippen LogP contribution in [0, 0.1) is 0 Å². The molecule has 0 aromatic heterocycles. The highest BCUT2D eigenvalue weighted by Gasteiger charge is 2.36. The summed E-state index contributed by atoms with van der Waals surface area (Å²) in [7, 11) is 0. The Morgan fingerprint density at radius 1 is 1.19 bits per heavy atom. The molecular weight excluding hydrogens is 336 g/mol. The van der Waals surface area contributed by atoms with Crippen LogP contribution in [-0.2, 0) is 9.53 Å². The van der Waals surface area contributed by atoms with Gasteiger partial charge in [-0.3, -0.25) is 4.79 Å². The van der Waals surface area contributed by atoms with Crippen molar-refractivity contribution < 1.29 is 30.0 Å². The summed E-state index contributed by atoms with van der Waals surface area (Å²) in [4.78, 5) is 10.5. The fourth-order valence-electron chi connectivity index (χ4n) is 3.01. The minimum Gasteiger partial charge on any atom is -0.481 e. The van der Waals surface area contributed by atoms with E-state index in [1.54, 1.807) is 6.08 Å². The Kier molecular flexibility index (Phi) is 11.4. The van der Waals surface area contributed by atoms with Gasteiger partial charge in [0.2, 0.25) is 0 Å². The molecule has 150 valence electrons. The third-order valence-corrected chi connectivity index (χ3v) is 4.56. The van der Waals surface area contributed by atoms with Gasteiger partial charge in [0.1, 0.15) is 0 Å². The third kappa shape index (κ3) is 9.48. The average molecular weight is 370 g/mol. The number of carbonyl (C=O) groups is 1. The molecule has 0 aromatic rings. The summed E-state index contributed by atoms with van der Waals surface area (Å²) in [6.45, 7) is 2.16. The van der Waals surface area contributed by atoms with Crippen LogP contribution in [0.3, 0.4) is 0 Å². The molecular formula is C20H34O6. The number of rotatable bonds is 13. The summed E-state index contributed by atoms with van der Waals surface area (Å²) in [6, 6.07) is 0. The first kappa shape index (κ1) is 22.8. The summed E-state index contributed by atoms with van der Waals surface area (Å²) in [5.74, 6) is -0.870. The zero-order chi connectivity index (χ0) is 19.4. The van der Waals surface area contributed by atoms with Gasteiger partial charge in [-0.05, 0) is 32.1 Å². The van der Waals surface area contributed by atoms with E-state index in [1.807, 2.05) is 6.08 Å². The molecule has 0 amide bonds. The van der Waals surface area contributed by atoms with Crippen LogP contribution in [0.1, 0.15) is 64.7 Å². The zero-order valence-electron chi connectivity index (χ0n) is 15.7. The van der Waals surface area contributed by atoms with Gasteiger partial charge in [-0.15, -0.1) is 0 Å². The van der Waals surface area contributed by atoms with Gasteiger partial charge in [0.05, 0.1) is 30.5 Å². The maximum Gasteiger partial charge on any atom is 0.303 e. The molecule has 0 saturated carbocycles. The number of ether oxygens (including phenoxy) is 1. The molecule has 6 nitrogen and oxygen atoms in total. The molecule has 0 aliphatic carbocycles. The average Bonchev–Trinajstić information content (AvgIpc) is 2.96. The van der Waals surface area contributed by atoms with Crippen molar-refractivity contribution in [2.75, 3.05) is 0 Å². The van der Waals surface area contributed by atoms with Crippen molar-refractivity contribution in [1.29, 1.82) is 0 Å². The van der Waals surface area contributed by atoms with E-state index in [-0.39, 0.29) is 6.42 Å². The lowest BCUT2D eigenvalue weighted by Gasteiger charge is -2.17. The van der Waals surface area contributed by atoms with Crippen molar-refractivity contribution in [3.63, 3.8) is 0 Å². The van der Waals surface area contributed by atoms with Crippen molar-refractivity contribution in [2.24, 2.45) is 0 Å². The highest BCUT2D eigenvalue weighted by atomic mass is 16.5. The molecule has 0 aromatic carbocycles. The molecule has 0 bridgehead atoms. The number of aliphatic carboxylic acids is 1. The molecule has 1 saturated heterocycles. The molecule has 1 fully saturated rings. The van der Waals surface area contributed by atoms with Crippen LogP contribution in [-0.4, -0.2) is 56.9 Å². The Hall–Kier alpha value is -1.21. The second-order valence-corrected chi connectivity index (χ2v) is 6.95. The quantitative estimate of drug-likeness (QED) is 0.293. The molecule has 4 N–H and O–H groups in total. The molecule has 1 heterocycles. The first-order valence-electron chi connectivity index (χ1n) is 9.68. The number of aliphatic hydroxyl groups is 3. The summed E-state index contributed by atoms with van der Waals surface area (Å²) < 4.78 is 5.65. The molecule has 1 aliphatic heterocycles. The summed E-state index contributed by atoms with van der Waals surface area (Å²) in [6.07, 6.45) is 10.1. The van der Waals surface area contributed by atoms with Crippen LogP contribution >= 0.6 is 0 Å². The molecule has 0 radical (unpaired) electrons. The number of unbranched alkanes of at least 4 members (excludes halogenated alkanes) is 3. The van der Waals surface area contributed by atoms with E-state index >= 15 is 0 Å². The molecule has 6 heteroatoms. The third-order valence-electron chi connectivity index (χ3n) is 4.56. The van der Waals surface area contributed by atoms with Gasteiger partial charge < -0.3 is 25.2 Å². The number of carboxylic acid groups (broad SMARTS) is 1. The maximum atomic E-state index is 10.5. The predicted molar refractivity (Wildman–Crippen MR) is 99.8 cm³/mol. The van der Waals surface area contributed by atoms with Crippen molar-refractivity contribution in [1.82, 2.24) is 0 Å². The largest absolute Gasteiger partial charge is 0.481 e. The Morgan fingerprint density at radius 2 is 1.96 bits per heavy atom. The summed E-state index contributed by atoms with van der Waals surface area (Å²) >= 11 is 0. The molecule has 26 heavy (non-hydrogen) atoms. The monoisotopic (exact) mass is 370 g/mol. The van der Waals surface area contributed by atoms with Crippen LogP contribution in [0.25, 0.3) is 0 Å². The first-order chi connectivity index (χ1) is 12.4. The summed E-state index contributed by atoms with van der Waals surface area (Å²) in [5.41, 5.74) is 0. The van der Waals surface area contributed by atoms with Crippen molar-refractivity contribution in [2.45, 2.75) is 95.2 Å². The standard InChI is InChI=1S/C20H34O6/c1-2-3-4-5-6-7-9-15(21)12-13-16(22)19-14-17(23)18(26-19)10-8-11-20(24)25/h6-7,12-13,15-19,21-23H,2-5,8-11,14H2,1H3,(H,24,25)/b7-6-,13-12-/t15-,16+,17+,18+,19+/m1/s1. The van der Waals surface area contributed by atoms with Crippen molar-refractivity contribution in [3.8, 4) is 0 Å². The second-order valence-electron chi connectivity index (χ2n) is 6.95. The van der Waals surface area contributed by atoms with E-state index in [0.717, 1.165) is 12.8 Å². The van der Waals surface area contributed by atoms with Crippen LogP contribution in [0.15, 0.2) is 24.3 Å². The van der Waals surface area contributed by atoms with E-state index in [2.05, 4.69) is 13.0 Å². The maximum absolute atomic E-state index is 10.5. The van der Waals surface area contributed by atoms with Crippen molar-refractivity contribution >= 4 is 5.97 Å². The number of hydrogen-bond donors (Lipinski definition) is 4. The van der Waals surface area contributed by atoms with Crippen LogP contribution < -0.4 is 0 Å². The van der Waals surface area contributed by atoms with E-state index in [1.165, 1.54) is 18.9 Å². The lowest BCUT2D eigenvalue weighted by Crippen LogP contribution is -2.25.